The molecule has 0 spiro atoms. The van der Waals surface area contributed by atoms with Gasteiger partial charge in [0, 0.05) is 16.7 Å². The highest BCUT2D eigenvalue weighted by atomic mass is 79.9. The molecule has 17 heavy (non-hydrogen) atoms. The minimum Gasteiger partial charge on any atom is -0.366 e. The summed E-state index contributed by atoms with van der Waals surface area (Å²) in [5.74, 6) is 2.33. The van der Waals surface area contributed by atoms with Crippen LogP contribution in [0, 0.1) is 11.8 Å². The highest BCUT2D eigenvalue weighted by Crippen LogP contribution is 2.32. The molecule has 1 saturated carbocycles. The van der Waals surface area contributed by atoms with Gasteiger partial charge >= 0.3 is 0 Å². The van der Waals surface area contributed by atoms with E-state index in [4.69, 9.17) is 11.6 Å². The van der Waals surface area contributed by atoms with E-state index in [9.17, 15) is 0 Å². The minimum atomic E-state index is 0.498. The smallest absolute Gasteiger partial charge is 0.145 e. The molecular formula is C13H18BrClN2. The van der Waals surface area contributed by atoms with E-state index in [-0.39, 0.29) is 0 Å². The summed E-state index contributed by atoms with van der Waals surface area (Å²) in [7, 11) is 0. The first-order valence-electron chi connectivity index (χ1n) is 6.14. The fourth-order valence-corrected chi connectivity index (χ4v) is 3.26. The molecule has 1 aromatic rings. The zero-order chi connectivity index (χ0) is 12.4. The summed E-state index contributed by atoms with van der Waals surface area (Å²) in [6.45, 7) is 4.64. The van der Waals surface area contributed by atoms with E-state index in [1.807, 2.05) is 6.07 Å². The first-order valence-corrected chi connectivity index (χ1v) is 7.31. The van der Waals surface area contributed by atoms with Crippen molar-refractivity contribution >= 4 is 33.3 Å². The predicted molar refractivity (Wildman–Crippen MR) is 76.5 cm³/mol. The lowest BCUT2D eigenvalue weighted by Gasteiger charge is -2.33. The zero-order valence-electron chi connectivity index (χ0n) is 10.2. The Balaban J connectivity index is 2.05. The molecule has 1 N–H and O–H groups in total. The summed E-state index contributed by atoms with van der Waals surface area (Å²) >= 11 is 9.54. The van der Waals surface area contributed by atoms with Gasteiger partial charge in [0.1, 0.15) is 5.82 Å². The molecule has 2 rings (SSSR count). The molecule has 1 aliphatic rings. The van der Waals surface area contributed by atoms with Crippen LogP contribution < -0.4 is 5.32 Å². The lowest BCUT2D eigenvalue weighted by Crippen LogP contribution is -2.33. The monoisotopic (exact) mass is 316 g/mol. The van der Waals surface area contributed by atoms with Gasteiger partial charge in [-0.3, -0.25) is 0 Å². The number of nitrogens with zero attached hydrogens (tertiary/aromatic N) is 1. The van der Waals surface area contributed by atoms with Gasteiger partial charge in [-0.15, -0.1) is 0 Å². The molecule has 0 amide bonds. The number of rotatable bonds is 2. The Bertz CT molecular complexity index is 397. The largest absolute Gasteiger partial charge is 0.366 e. The maximum atomic E-state index is 6.17. The van der Waals surface area contributed by atoms with Gasteiger partial charge < -0.3 is 5.32 Å². The standard InChI is InChI=1S/C13H18BrClN2/c1-8-3-4-12(9(2)5-8)17-13-11(15)6-10(14)7-16-13/h6-9,12H,3-5H2,1-2H3,(H,16,17). The highest BCUT2D eigenvalue weighted by molar-refractivity contribution is 9.10. The zero-order valence-corrected chi connectivity index (χ0v) is 12.6. The van der Waals surface area contributed by atoms with Crippen molar-refractivity contribution in [2.24, 2.45) is 11.8 Å². The van der Waals surface area contributed by atoms with Crippen molar-refractivity contribution in [2.75, 3.05) is 5.32 Å². The van der Waals surface area contributed by atoms with Crippen LogP contribution in [0.5, 0.6) is 0 Å². The molecule has 2 nitrogen and oxygen atoms in total. The predicted octanol–water partition coefficient (Wildman–Crippen LogP) is 4.73. The Morgan fingerprint density at radius 2 is 2.18 bits per heavy atom. The molecule has 4 heteroatoms. The molecule has 3 unspecified atom stereocenters. The second kappa shape index (κ2) is 5.57. The summed E-state index contributed by atoms with van der Waals surface area (Å²) in [5, 5.41) is 4.17. The summed E-state index contributed by atoms with van der Waals surface area (Å²) in [4.78, 5) is 4.34. The second-order valence-corrected chi connectivity index (χ2v) is 6.45. The normalized spacial score (nSPS) is 29.1. The average Bonchev–Trinajstić information content (AvgIpc) is 2.25. The topological polar surface area (TPSA) is 24.9 Å². The van der Waals surface area contributed by atoms with E-state index in [0.29, 0.717) is 17.0 Å². The number of halogens is 2. The van der Waals surface area contributed by atoms with E-state index >= 15 is 0 Å². The fraction of sp³-hybridized carbons (Fsp3) is 0.615. The van der Waals surface area contributed by atoms with Crippen LogP contribution in [0.25, 0.3) is 0 Å². The third-order valence-corrected chi connectivity index (χ3v) is 4.28. The summed E-state index contributed by atoms with van der Waals surface area (Å²) in [6.07, 6.45) is 5.56. The van der Waals surface area contributed by atoms with Gasteiger partial charge in [0.2, 0.25) is 0 Å². The third-order valence-electron chi connectivity index (χ3n) is 3.56. The molecule has 0 aromatic carbocycles. The Labute approximate surface area is 116 Å². The van der Waals surface area contributed by atoms with Gasteiger partial charge in [0.15, 0.2) is 0 Å². The van der Waals surface area contributed by atoms with Crippen LogP contribution in [0.2, 0.25) is 5.02 Å². The number of aromatic nitrogens is 1. The molecule has 1 aromatic heterocycles. The first kappa shape index (κ1) is 13.2. The highest BCUT2D eigenvalue weighted by Gasteiger charge is 2.25. The van der Waals surface area contributed by atoms with Gasteiger partial charge in [-0.2, -0.15) is 0 Å². The lowest BCUT2D eigenvalue weighted by molar-refractivity contribution is 0.276. The average molecular weight is 318 g/mol. The van der Waals surface area contributed by atoms with Gasteiger partial charge in [-0.1, -0.05) is 25.4 Å². The van der Waals surface area contributed by atoms with Gasteiger partial charge in [0.05, 0.1) is 5.02 Å². The number of anilines is 1. The Morgan fingerprint density at radius 3 is 2.82 bits per heavy atom. The Hall–Kier alpha value is -0.280. The van der Waals surface area contributed by atoms with Crippen molar-refractivity contribution in [1.82, 2.24) is 4.98 Å². The van der Waals surface area contributed by atoms with Crippen LogP contribution in [0.4, 0.5) is 5.82 Å². The molecule has 0 bridgehead atoms. The van der Waals surface area contributed by atoms with Crippen molar-refractivity contribution in [3.63, 3.8) is 0 Å². The lowest BCUT2D eigenvalue weighted by atomic mass is 9.80. The second-order valence-electron chi connectivity index (χ2n) is 5.13. The Kier molecular flexibility index (Phi) is 4.31. The van der Waals surface area contributed by atoms with Gasteiger partial charge in [-0.05, 0) is 53.1 Å². The van der Waals surface area contributed by atoms with Crippen LogP contribution in [-0.4, -0.2) is 11.0 Å². The number of nitrogens with one attached hydrogen (secondary N) is 1. The maximum Gasteiger partial charge on any atom is 0.145 e. The molecule has 1 aliphatic carbocycles. The van der Waals surface area contributed by atoms with Gasteiger partial charge in [0.25, 0.3) is 0 Å². The molecule has 0 radical (unpaired) electrons. The quantitative estimate of drug-likeness (QED) is 0.852. The fourth-order valence-electron chi connectivity index (χ4n) is 2.58. The molecule has 0 aliphatic heterocycles. The van der Waals surface area contributed by atoms with Crippen LogP contribution in [-0.2, 0) is 0 Å². The molecule has 1 fully saturated rings. The van der Waals surface area contributed by atoms with Crippen LogP contribution in [0.15, 0.2) is 16.7 Å². The Morgan fingerprint density at radius 1 is 1.41 bits per heavy atom. The molecule has 94 valence electrons. The minimum absolute atomic E-state index is 0.498. The van der Waals surface area contributed by atoms with Crippen LogP contribution >= 0.6 is 27.5 Å². The van der Waals surface area contributed by atoms with Crippen LogP contribution in [0.1, 0.15) is 33.1 Å². The van der Waals surface area contributed by atoms with Crippen molar-refractivity contribution in [1.29, 1.82) is 0 Å². The van der Waals surface area contributed by atoms with Crippen molar-refractivity contribution in [3.05, 3.63) is 21.8 Å². The van der Waals surface area contributed by atoms with E-state index < -0.39 is 0 Å². The summed E-state index contributed by atoms with van der Waals surface area (Å²) in [6, 6.07) is 2.38. The summed E-state index contributed by atoms with van der Waals surface area (Å²) < 4.78 is 0.915. The number of pyridine rings is 1. The number of hydrogen-bond donors (Lipinski definition) is 1. The summed E-state index contributed by atoms with van der Waals surface area (Å²) in [5.41, 5.74) is 0. The van der Waals surface area contributed by atoms with Crippen LogP contribution in [0.3, 0.4) is 0 Å². The molecular weight excluding hydrogens is 300 g/mol. The molecule has 1 heterocycles. The van der Waals surface area contributed by atoms with Crippen molar-refractivity contribution in [2.45, 2.75) is 39.2 Å². The van der Waals surface area contributed by atoms with Crippen molar-refractivity contribution in [3.8, 4) is 0 Å². The van der Waals surface area contributed by atoms with E-state index in [0.717, 1.165) is 16.2 Å². The number of hydrogen-bond acceptors (Lipinski definition) is 2. The first-order chi connectivity index (χ1) is 8.06. The third kappa shape index (κ3) is 3.35. The molecule has 0 saturated heterocycles. The SMILES string of the molecule is CC1CCC(Nc2ncc(Br)cc2Cl)C(C)C1. The van der Waals surface area contributed by atoms with Crippen molar-refractivity contribution < 1.29 is 0 Å². The maximum absolute atomic E-state index is 6.17. The van der Waals surface area contributed by atoms with E-state index in [1.165, 1.54) is 19.3 Å². The molecule has 3 atom stereocenters. The van der Waals surface area contributed by atoms with E-state index in [2.05, 4.69) is 40.1 Å². The van der Waals surface area contributed by atoms with E-state index in [1.54, 1.807) is 6.20 Å². The van der Waals surface area contributed by atoms with Gasteiger partial charge in [-0.25, -0.2) is 4.98 Å².